The topological polar surface area (TPSA) is 28.2 Å². The second-order valence-electron chi connectivity index (χ2n) is 4.57. The zero-order valence-corrected chi connectivity index (χ0v) is 10.6. The summed E-state index contributed by atoms with van der Waals surface area (Å²) in [4.78, 5) is 6.51. The fourth-order valence-corrected chi connectivity index (χ4v) is 2.18. The zero-order valence-electron chi connectivity index (χ0n) is 9.83. The van der Waals surface area contributed by atoms with Crippen LogP contribution in [0.1, 0.15) is 18.4 Å². The molecule has 0 atom stereocenters. The minimum absolute atomic E-state index is 0.525. The maximum absolute atomic E-state index is 6.06. The molecule has 3 nitrogen and oxygen atoms in total. The van der Waals surface area contributed by atoms with Gasteiger partial charge in [0.05, 0.1) is 5.69 Å². The molecule has 1 N–H and O–H groups in total. The summed E-state index contributed by atoms with van der Waals surface area (Å²) in [6.07, 6.45) is 4.13. The van der Waals surface area contributed by atoms with Crippen molar-refractivity contribution in [3.05, 3.63) is 23.0 Å². The van der Waals surface area contributed by atoms with Crippen LogP contribution in [0.2, 0.25) is 5.15 Å². The molecule has 0 bridgehead atoms. The molecule has 0 aliphatic carbocycles. The Morgan fingerprint density at radius 3 is 2.81 bits per heavy atom. The molecule has 0 saturated carbocycles. The molecule has 4 heteroatoms. The molecule has 1 fully saturated rings. The molecule has 2 rings (SSSR count). The van der Waals surface area contributed by atoms with E-state index in [9.17, 15) is 0 Å². The van der Waals surface area contributed by atoms with E-state index in [0.717, 1.165) is 24.3 Å². The molecule has 0 amide bonds. The van der Waals surface area contributed by atoms with Crippen LogP contribution >= 0.6 is 11.6 Å². The normalized spacial score (nSPS) is 18.7. The number of anilines is 1. The summed E-state index contributed by atoms with van der Waals surface area (Å²) in [5.41, 5.74) is 2.11. The fraction of sp³-hybridized carbons (Fsp3) is 0.583. The van der Waals surface area contributed by atoms with Gasteiger partial charge in [0.1, 0.15) is 0 Å². The summed E-state index contributed by atoms with van der Waals surface area (Å²) in [6.45, 7) is 4.33. The summed E-state index contributed by atoms with van der Waals surface area (Å²) < 4.78 is 0. The van der Waals surface area contributed by atoms with Crippen molar-refractivity contribution < 1.29 is 0 Å². The second kappa shape index (κ2) is 5.02. The Bertz CT molecular complexity index is 359. The average Bonchev–Trinajstić information content (AvgIpc) is 2.27. The van der Waals surface area contributed by atoms with Gasteiger partial charge in [-0.25, -0.2) is 4.98 Å². The minimum Gasteiger partial charge on any atom is -0.380 e. The molecule has 1 aliphatic heterocycles. The van der Waals surface area contributed by atoms with Gasteiger partial charge in [-0.05, 0) is 51.5 Å². The van der Waals surface area contributed by atoms with Gasteiger partial charge < -0.3 is 10.2 Å². The Balaban J connectivity index is 2.00. The highest BCUT2D eigenvalue weighted by molar-refractivity contribution is 6.31. The molecular weight excluding hydrogens is 222 g/mol. The predicted molar refractivity (Wildman–Crippen MR) is 68.1 cm³/mol. The minimum atomic E-state index is 0.525. The summed E-state index contributed by atoms with van der Waals surface area (Å²) in [5, 5.41) is 4.06. The number of hydrogen-bond acceptors (Lipinski definition) is 3. The number of halogens is 1. The average molecular weight is 240 g/mol. The van der Waals surface area contributed by atoms with E-state index in [-0.39, 0.29) is 0 Å². The number of aromatic nitrogens is 1. The molecule has 16 heavy (non-hydrogen) atoms. The lowest BCUT2D eigenvalue weighted by Crippen LogP contribution is -2.36. The lowest BCUT2D eigenvalue weighted by Gasteiger charge is -2.30. The van der Waals surface area contributed by atoms with Gasteiger partial charge in [-0.1, -0.05) is 11.6 Å². The lowest BCUT2D eigenvalue weighted by atomic mass is 10.1. The van der Waals surface area contributed by atoms with Crippen molar-refractivity contribution in [3.63, 3.8) is 0 Å². The van der Waals surface area contributed by atoms with Crippen molar-refractivity contribution in [2.45, 2.75) is 25.8 Å². The van der Waals surface area contributed by atoms with Crippen molar-refractivity contribution in [1.82, 2.24) is 9.88 Å². The van der Waals surface area contributed by atoms with Crippen molar-refractivity contribution in [1.29, 1.82) is 0 Å². The Labute approximate surface area is 102 Å². The van der Waals surface area contributed by atoms with Crippen LogP contribution in [0.25, 0.3) is 0 Å². The van der Waals surface area contributed by atoms with Crippen LogP contribution in [0.5, 0.6) is 0 Å². The molecule has 88 valence electrons. The molecule has 0 radical (unpaired) electrons. The number of aryl methyl sites for hydroxylation is 1. The first-order valence-corrected chi connectivity index (χ1v) is 6.10. The van der Waals surface area contributed by atoms with E-state index in [1.165, 1.54) is 12.8 Å². The Hall–Kier alpha value is -0.800. The molecule has 1 saturated heterocycles. The highest BCUT2D eigenvalue weighted by Gasteiger charge is 2.17. The van der Waals surface area contributed by atoms with E-state index in [4.69, 9.17) is 11.6 Å². The highest BCUT2D eigenvalue weighted by Crippen LogP contribution is 2.23. The number of likely N-dealkylation sites (tertiary alicyclic amines) is 1. The van der Waals surface area contributed by atoms with Gasteiger partial charge in [-0.15, -0.1) is 0 Å². The van der Waals surface area contributed by atoms with E-state index in [0.29, 0.717) is 11.2 Å². The molecule has 0 spiro atoms. The van der Waals surface area contributed by atoms with Gasteiger partial charge >= 0.3 is 0 Å². The van der Waals surface area contributed by atoms with Crippen LogP contribution in [0.4, 0.5) is 5.69 Å². The van der Waals surface area contributed by atoms with Crippen molar-refractivity contribution in [2.75, 3.05) is 25.5 Å². The van der Waals surface area contributed by atoms with E-state index in [1.54, 1.807) is 6.20 Å². The largest absolute Gasteiger partial charge is 0.380 e. The SMILES string of the molecule is Cc1cnc(Cl)c(NC2CCN(C)CC2)c1. The Morgan fingerprint density at radius 1 is 1.44 bits per heavy atom. The van der Waals surface area contributed by atoms with Crippen LogP contribution in [0, 0.1) is 6.92 Å². The molecular formula is C12H18ClN3. The molecule has 1 aromatic heterocycles. The van der Waals surface area contributed by atoms with Gasteiger partial charge in [0.2, 0.25) is 0 Å². The Kier molecular flexibility index (Phi) is 3.66. The first-order chi connectivity index (χ1) is 7.65. The number of piperidine rings is 1. The van der Waals surface area contributed by atoms with Crippen LogP contribution in [0.15, 0.2) is 12.3 Å². The van der Waals surface area contributed by atoms with Gasteiger partial charge in [-0.2, -0.15) is 0 Å². The van der Waals surface area contributed by atoms with Gasteiger partial charge in [-0.3, -0.25) is 0 Å². The van der Waals surface area contributed by atoms with E-state index in [1.807, 2.05) is 6.92 Å². The lowest BCUT2D eigenvalue weighted by molar-refractivity contribution is 0.264. The van der Waals surface area contributed by atoms with Crippen molar-refractivity contribution in [3.8, 4) is 0 Å². The third-order valence-corrected chi connectivity index (χ3v) is 3.36. The molecule has 1 aromatic rings. The molecule has 1 aliphatic rings. The highest BCUT2D eigenvalue weighted by atomic mass is 35.5. The quantitative estimate of drug-likeness (QED) is 0.804. The maximum atomic E-state index is 6.06. The second-order valence-corrected chi connectivity index (χ2v) is 4.93. The third kappa shape index (κ3) is 2.86. The molecule has 0 unspecified atom stereocenters. The zero-order chi connectivity index (χ0) is 11.5. The smallest absolute Gasteiger partial charge is 0.152 e. The first kappa shape index (κ1) is 11.7. The third-order valence-electron chi connectivity index (χ3n) is 3.05. The summed E-state index contributed by atoms with van der Waals surface area (Å²) in [5.74, 6) is 0. The molecule has 2 heterocycles. The standard InChI is InChI=1S/C12H18ClN3/c1-9-7-11(12(13)14-8-9)15-10-3-5-16(2)6-4-10/h7-8,10,15H,3-6H2,1-2H3. The van der Waals surface area contributed by atoms with Gasteiger partial charge in [0.15, 0.2) is 5.15 Å². The first-order valence-electron chi connectivity index (χ1n) is 5.72. The monoisotopic (exact) mass is 239 g/mol. The fourth-order valence-electron chi connectivity index (χ4n) is 2.03. The summed E-state index contributed by atoms with van der Waals surface area (Å²) in [7, 11) is 2.16. The van der Waals surface area contributed by atoms with Gasteiger partial charge in [0.25, 0.3) is 0 Å². The van der Waals surface area contributed by atoms with Crippen LogP contribution in [-0.4, -0.2) is 36.1 Å². The number of hydrogen-bond donors (Lipinski definition) is 1. The summed E-state index contributed by atoms with van der Waals surface area (Å²) >= 11 is 6.06. The van der Waals surface area contributed by atoms with Gasteiger partial charge in [0, 0.05) is 12.2 Å². The van der Waals surface area contributed by atoms with Crippen LogP contribution in [0.3, 0.4) is 0 Å². The summed E-state index contributed by atoms with van der Waals surface area (Å²) in [6, 6.07) is 2.59. The number of rotatable bonds is 2. The van der Waals surface area contributed by atoms with Crippen molar-refractivity contribution in [2.24, 2.45) is 0 Å². The number of nitrogens with one attached hydrogen (secondary N) is 1. The number of pyridine rings is 1. The van der Waals surface area contributed by atoms with E-state index < -0.39 is 0 Å². The predicted octanol–water partition coefficient (Wildman–Crippen LogP) is 2.55. The molecule has 0 aromatic carbocycles. The van der Waals surface area contributed by atoms with Crippen LogP contribution < -0.4 is 5.32 Å². The van der Waals surface area contributed by atoms with Crippen molar-refractivity contribution >= 4 is 17.3 Å². The number of nitrogens with zero attached hydrogens (tertiary/aromatic N) is 2. The van der Waals surface area contributed by atoms with E-state index in [2.05, 4.69) is 28.3 Å². The Morgan fingerprint density at radius 2 is 2.12 bits per heavy atom. The van der Waals surface area contributed by atoms with Crippen LogP contribution in [-0.2, 0) is 0 Å². The maximum Gasteiger partial charge on any atom is 0.152 e. The van der Waals surface area contributed by atoms with E-state index >= 15 is 0 Å².